The monoisotopic (exact) mass is 463 g/mol. The van der Waals surface area contributed by atoms with E-state index in [1.54, 1.807) is 11.1 Å². The molecule has 31 heavy (non-hydrogen) atoms. The van der Waals surface area contributed by atoms with Crippen molar-refractivity contribution in [2.24, 2.45) is 0 Å². The summed E-state index contributed by atoms with van der Waals surface area (Å²) in [4.78, 5) is 0. The first-order chi connectivity index (χ1) is 14.1. The molecule has 180 valence electrons. The number of benzene rings is 1. The summed E-state index contributed by atoms with van der Waals surface area (Å²) < 4.78 is 0.450. The van der Waals surface area contributed by atoms with Gasteiger partial charge in [0, 0.05) is 0 Å². The zero-order valence-electron chi connectivity index (χ0n) is 21.7. The summed E-state index contributed by atoms with van der Waals surface area (Å²) in [6, 6.07) is 9.24. The lowest BCUT2D eigenvalue weighted by Gasteiger charge is -2.27. The van der Waals surface area contributed by atoms with E-state index in [9.17, 15) is 0 Å². The van der Waals surface area contributed by atoms with Crippen LogP contribution in [0.5, 0.6) is 0 Å². The molecule has 0 aliphatic carbocycles. The molecule has 0 saturated carbocycles. The third kappa shape index (κ3) is 16.5. The number of hydrogen-bond acceptors (Lipinski definition) is 1. The highest BCUT2D eigenvalue weighted by Gasteiger charge is 2.21. The van der Waals surface area contributed by atoms with E-state index in [4.69, 9.17) is 0 Å². The third-order valence-corrected chi connectivity index (χ3v) is 9.08. The molecule has 0 saturated heterocycles. The normalized spacial score (nSPS) is 10.8. The van der Waals surface area contributed by atoms with E-state index in [1.807, 2.05) is 0 Å². The van der Waals surface area contributed by atoms with Gasteiger partial charge in [0.2, 0.25) is 0 Å². The van der Waals surface area contributed by atoms with Gasteiger partial charge in [-0.15, -0.1) is 16.0 Å². The molecule has 3 N–H and O–H groups in total. The van der Waals surface area contributed by atoms with Crippen molar-refractivity contribution >= 4 is 32.8 Å². The van der Waals surface area contributed by atoms with E-state index in [0.717, 1.165) is 0 Å². The van der Waals surface area contributed by atoms with Crippen LogP contribution in [0.3, 0.4) is 0 Å². The summed E-state index contributed by atoms with van der Waals surface area (Å²) in [7, 11) is 0. The zero-order chi connectivity index (χ0) is 21.2. The van der Waals surface area contributed by atoms with Crippen molar-refractivity contribution in [3.63, 3.8) is 0 Å². The minimum absolute atomic E-state index is 0. The molecule has 0 aromatic heterocycles. The van der Waals surface area contributed by atoms with E-state index in [-0.39, 0.29) is 38.9 Å². The molecule has 0 bridgehead atoms. The first-order valence-corrected chi connectivity index (χ1v) is 15.3. The molecule has 1 aromatic carbocycles. The summed E-state index contributed by atoms with van der Waals surface area (Å²) in [5.41, 5.74) is 3.26. The largest absolute Gasteiger partial charge is 0.375 e. The highest BCUT2D eigenvalue weighted by atomic mass is 35.5. The first-order valence-electron chi connectivity index (χ1n) is 13.2. The molecular formula is C28H54ClMgN. The highest BCUT2D eigenvalue weighted by Crippen LogP contribution is 2.26. The topological polar surface area (TPSA) is 35.0 Å². The SMILES string of the molecule is CCCCCCCCCCCCCCCCCCc1ccccc1[C](C)(C)[Mg][CH3].Cl.N. The van der Waals surface area contributed by atoms with Gasteiger partial charge in [-0.2, -0.15) is 5.05 Å². The lowest BCUT2D eigenvalue weighted by molar-refractivity contribution is 0.529. The fraction of sp³-hybridized carbons (Fsp3) is 0.786. The van der Waals surface area contributed by atoms with E-state index in [1.165, 1.54) is 109 Å². The summed E-state index contributed by atoms with van der Waals surface area (Å²) in [5, 5.41) is 2.45. The number of rotatable bonds is 19. The van der Waals surface area contributed by atoms with Gasteiger partial charge in [-0.3, -0.25) is 0 Å². The van der Waals surface area contributed by atoms with Gasteiger partial charge in [-0.1, -0.05) is 147 Å². The fourth-order valence-electron chi connectivity index (χ4n) is 4.45. The van der Waals surface area contributed by atoms with Crippen molar-refractivity contribution in [2.45, 2.75) is 139 Å². The van der Waals surface area contributed by atoms with Gasteiger partial charge in [0.05, 0.1) is 0 Å². The predicted molar refractivity (Wildman–Crippen MR) is 147 cm³/mol. The minimum atomic E-state index is -0.0348. The second kappa shape index (κ2) is 22.0. The van der Waals surface area contributed by atoms with Crippen LogP contribution in [0.4, 0.5) is 0 Å². The highest BCUT2D eigenvalue weighted by molar-refractivity contribution is 6.38. The van der Waals surface area contributed by atoms with Gasteiger partial charge in [-0.25, -0.2) is 0 Å². The Morgan fingerprint density at radius 2 is 1.03 bits per heavy atom. The number of unbranched alkanes of at least 4 members (excludes halogenated alkanes) is 15. The molecule has 3 heteroatoms. The van der Waals surface area contributed by atoms with E-state index in [2.05, 4.69) is 50.1 Å². The Morgan fingerprint density at radius 1 is 0.645 bits per heavy atom. The molecule has 0 aliphatic rings. The third-order valence-electron chi connectivity index (χ3n) is 6.93. The Hall–Kier alpha value is 0.236. The molecule has 0 aliphatic heterocycles. The second-order valence-corrected chi connectivity index (χ2v) is 12.4. The van der Waals surface area contributed by atoms with Crippen LogP contribution in [0.2, 0.25) is 5.05 Å². The van der Waals surface area contributed by atoms with Crippen LogP contribution in [-0.4, -0.2) is 20.4 Å². The molecule has 1 rings (SSSR count). The van der Waals surface area contributed by atoms with Crippen LogP contribution in [0.15, 0.2) is 24.3 Å². The van der Waals surface area contributed by atoms with Crippen LogP contribution in [0.1, 0.15) is 135 Å². The number of aryl methyl sites for hydroxylation is 1. The van der Waals surface area contributed by atoms with Crippen LogP contribution in [0.25, 0.3) is 0 Å². The van der Waals surface area contributed by atoms with Gasteiger partial charge in [-0.05, 0) is 18.4 Å². The van der Waals surface area contributed by atoms with Crippen LogP contribution in [0, 0.1) is 0 Å². The molecule has 0 amide bonds. The zero-order valence-corrected chi connectivity index (χ0v) is 23.9. The quantitative estimate of drug-likeness (QED) is 0.160. The van der Waals surface area contributed by atoms with Gasteiger partial charge >= 0.3 is 20.4 Å². The van der Waals surface area contributed by atoms with E-state index < -0.39 is 0 Å². The van der Waals surface area contributed by atoms with Gasteiger partial charge in [0.25, 0.3) is 0 Å². The molecule has 0 atom stereocenters. The Labute approximate surface area is 212 Å². The van der Waals surface area contributed by atoms with Crippen molar-refractivity contribution in [3.8, 4) is 0 Å². The smallest absolute Gasteiger partial charge is 0.344 e. The van der Waals surface area contributed by atoms with Crippen LogP contribution < -0.4 is 6.15 Å². The molecule has 0 heterocycles. The van der Waals surface area contributed by atoms with Crippen LogP contribution >= 0.6 is 12.4 Å². The number of hydrogen-bond donors (Lipinski definition) is 1. The lowest BCUT2D eigenvalue weighted by atomic mass is 9.92. The average molecular weight is 465 g/mol. The van der Waals surface area contributed by atoms with Crippen molar-refractivity contribution in [2.75, 3.05) is 0 Å². The standard InChI is InChI=1S/C27H47.CH3.ClH.Mg.H3N/c1-4-5-6-7-8-9-10-11-12-13-14-15-16-17-18-19-22-26-23-20-21-24-27(26)25(2)3;;;;/h20-21,23-24H,4-19,22H2,1-3H3;1H3;1H;;1H3. The molecule has 1 nitrogen and oxygen atoms in total. The van der Waals surface area contributed by atoms with Crippen LogP contribution in [-0.2, 0) is 9.97 Å². The molecular weight excluding hydrogens is 410 g/mol. The summed E-state index contributed by atoms with van der Waals surface area (Å²) in [6.07, 6.45) is 24.5. The summed E-state index contributed by atoms with van der Waals surface area (Å²) in [6.45, 7) is 7.20. The fourth-order valence-corrected chi connectivity index (χ4v) is 5.18. The van der Waals surface area contributed by atoms with Gasteiger partial charge in [0.1, 0.15) is 0 Å². The molecule has 0 spiro atoms. The van der Waals surface area contributed by atoms with Gasteiger partial charge in [0.15, 0.2) is 0 Å². The summed E-state index contributed by atoms with van der Waals surface area (Å²) >= 11 is -0.0348. The molecule has 0 unspecified atom stereocenters. The molecule has 0 fully saturated rings. The number of halogens is 1. The maximum atomic E-state index is 2.45. The second-order valence-electron chi connectivity index (χ2n) is 9.95. The Balaban J connectivity index is 0. The summed E-state index contributed by atoms with van der Waals surface area (Å²) in [5.74, 6) is 0. The van der Waals surface area contributed by atoms with Crippen molar-refractivity contribution in [3.05, 3.63) is 35.4 Å². The maximum Gasteiger partial charge on any atom is 0.375 e. The van der Waals surface area contributed by atoms with Crippen molar-refractivity contribution in [1.82, 2.24) is 6.15 Å². The Bertz CT molecular complexity index is 504. The minimum Gasteiger partial charge on any atom is -0.344 e. The molecule has 0 radical (unpaired) electrons. The Kier molecular flexibility index (Phi) is 23.8. The Morgan fingerprint density at radius 3 is 1.45 bits per heavy atom. The van der Waals surface area contributed by atoms with Crippen molar-refractivity contribution in [1.29, 1.82) is 0 Å². The van der Waals surface area contributed by atoms with Crippen molar-refractivity contribution < 1.29 is 0 Å². The lowest BCUT2D eigenvalue weighted by Crippen LogP contribution is -2.25. The molecule has 1 aromatic rings. The average Bonchev–Trinajstić information content (AvgIpc) is 2.73. The predicted octanol–water partition coefficient (Wildman–Crippen LogP) is 10.1. The van der Waals surface area contributed by atoms with E-state index in [0.29, 0.717) is 3.54 Å². The first kappa shape index (κ1) is 33.4. The van der Waals surface area contributed by atoms with Gasteiger partial charge < -0.3 is 6.15 Å². The maximum absolute atomic E-state index is 2.45. The van der Waals surface area contributed by atoms with E-state index >= 15 is 0 Å².